The van der Waals surface area contributed by atoms with Crippen LogP contribution in [0.4, 0.5) is 0 Å². The first kappa shape index (κ1) is 14.5. The molecule has 0 unspecified atom stereocenters. The number of benzene rings is 1. The largest absolute Gasteiger partial charge is 0.396 e. The van der Waals surface area contributed by atoms with Gasteiger partial charge >= 0.3 is 0 Å². The molecule has 1 aliphatic heterocycles. The van der Waals surface area contributed by atoms with Crippen molar-refractivity contribution in [2.24, 2.45) is 5.92 Å². The quantitative estimate of drug-likeness (QED) is 0.844. The molecule has 0 spiro atoms. The average Bonchev–Trinajstić information content (AvgIpc) is 2.45. The van der Waals surface area contributed by atoms with Gasteiger partial charge in [-0.25, -0.2) is 0 Å². The van der Waals surface area contributed by atoms with E-state index in [0.29, 0.717) is 22.9 Å². The van der Waals surface area contributed by atoms with Crippen LogP contribution in [0, 0.1) is 5.92 Å². The molecule has 1 fully saturated rings. The van der Waals surface area contributed by atoms with Crippen LogP contribution in [0.2, 0.25) is 5.02 Å². The van der Waals surface area contributed by atoms with Gasteiger partial charge in [-0.15, -0.1) is 0 Å². The number of likely N-dealkylation sites (tertiary alicyclic amines) is 1. The topological polar surface area (TPSA) is 40.5 Å². The SMILES string of the molecule is O=C(CCN1CCC(CO)CC1)c1cccc(Cl)c1. The summed E-state index contributed by atoms with van der Waals surface area (Å²) in [6.07, 6.45) is 2.59. The predicted octanol–water partition coefficient (Wildman–Crippen LogP) is 2.62. The lowest BCUT2D eigenvalue weighted by Crippen LogP contribution is -2.36. The third kappa shape index (κ3) is 4.30. The van der Waals surface area contributed by atoms with E-state index in [-0.39, 0.29) is 12.4 Å². The first-order valence-electron chi connectivity index (χ1n) is 6.81. The number of aliphatic hydroxyl groups is 1. The van der Waals surface area contributed by atoms with Gasteiger partial charge in [-0.2, -0.15) is 0 Å². The maximum Gasteiger partial charge on any atom is 0.164 e. The molecule has 1 N–H and O–H groups in total. The summed E-state index contributed by atoms with van der Waals surface area (Å²) in [7, 11) is 0. The van der Waals surface area contributed by atoms with Gasteiger partial charge in [0.1, 0.15) is 0 Å². The van der Waals surface area contributed by atoms with Gasteiger partial charge in [0, 0.05) is 30.2 Å². The van der Waals surface area contributed by atoms with Crippen molar-refractivity contribution in [3.63, 3.8) is 0 Å². The Hall–Kier alpha value is -0.900. The molecule has 1 aliphatic rings. The highest BCUT2D eigenvalue weighted by Crippen LogP contribution is 2.17. The van der Waals surface area contributed by atoms with Crippen LogP contribution in [0.25, 0.3) is 0 Å². The Morgan fingerprint density at radius 2 is 2.11 bits per heavy atom. The zero-order valence-electron chi connectivity index (χ0n) is 11.0. The van der Waals surface area contributed by atoms with Crippen LogP contribution in [0.15, 0.2) is 24.3 Å². The van der Waals surface area contributed by atoms with Gasteiger partial charge in [0.25, 0.3) is 0 Å². The molecule has 4 heteroatoms. The first-order valence-corrected chi connectivity index (χ1v) is 7.19. The number of Topliss-reactive ketones (excluding diaryl/α,β-unsaturated/α-hetero) is 1. The van der Waals surface area contributed by atoms with Crippen LogP contribution < -0.4 is 0 Å². The minimum Gasteiger partial charge on any atom is -0.396 e. The maximum absolute atomic E-state index is 12.0. The fourth-order valence-electron chi connectivity index (χ4n) is 2.46. The Labute approximate surface area is 119 Å². The lowest BCUT2D eigenvalue weighted by atomic mass is 9.97. The molecule has 0 radical (unpaired) electrons. The Morgan fingerprint density at radius 3 is 2.74 bits per heavy atom. The summed E-state index contributed by atoms with van der Waals surface area (Å²) in [4.78, 5) is 14.3. The van der Waals surface area contributed by atoms with Gasteiger partial charge in [0.15, 0.2) is 5.78 Å². The molecule has 0 bridgehead atoms. The van der Waals surface area contributed by atoms with Crippen molar-refractivity contribution in [2.75, 3.05) is 26.2 Å². The molecule has 0 saturated carbocycles. The predicted molar refractivity (Wildman–Crippen MR) is 76.6 cm³/mol. The third-order valence-electron chi connectivity index (χ3n) is 3.77. The lowest BCUT2D eigenvalue weighted by molar-refractivity contribution is 0.0933. The zero-order valence-corrected chi connectivity index (χ0v) is 11.8. The number of aliphatic hydroxyl groups excluding tert-OH is 1. The van der Waals surface area contributed by atoms with Crippen LogP contribution in [-0.4, -0.2) is 42.0 Å². The van der Waals surface area contributed by atoms with E-state index in [1.165, 1.54) is 0 Å². The van der Waals surface area contributed by atoms with Crippen molar-refractivity contribution in [2.45, 2.75) is 19.3 Å². The standard InChI is InChI=1S/C15H20ClNO2/c16-14-3-1-2-13(10-14)15(19)6-9-17-7-4-12(11-18)5-8-17/h1-3,10,12,18H,4-9,11H2. The molecule has 2 rings (SSSR count). The minimum atomic E-state index is 0.145. The number of ketones is 1. The Morgan fingerprint density at radius 1 is 1.37 bits per heavy atom. The molecular weight excluding hydrogens is 262 g/mol. The van der Waals surface area contributed by atoms with Crippen molar-refractivity contribution in [3.05, 3.63) is 34.9 Å². The van der Waals surface area contributed by atoms with Crippen LogP contribution in [-0.2, 0) is 0 Å². The van der Waals surface area contributed by atoms with E-state index in [1.807, 2.05) is 12.1 Å². The summed E-state index contributed by atoms with van der Waals surface area (Å²) in [5.41, 5.74) is 0.692. The highest BCUT2D eigenvalue weighted by Gasteiger charge is 2.19. The number of piperidine rings is 1. The molecule has 0 amide bonds. The van der Waals surface area contributed by atoms with E-state index in [0.717, 1.165) is 32.5 Å². The van der Waals surface area contributed by atoms with Crippen molar-refractivity contribution >= 4 is 17.4 Å². The summed E-state index contributed by atoms with van der Waals surface area (Å²) in [5.74, 6) is 0.590. The number of halogens is 1. The molecule has 0 aromatic heterocycles. The van der Waals surface area contributed by atoms with E-state index in [4.69, 9.17) is 16.7 Å². The number of rotatable bonds is 5. The molecule has 1 saturated heterocycles. The molecule has 3 nitrogen and oxygen atoms in total. The minimum absolute atomic E-state index is 0.145. The monoisotopic (exact) mass is 281 g/mol. The molecule has 1 aromatic rings. The van der Waals surface area contributed by atoms with Crippen LogP contribution in [0.3, 0.4) is 0 Å². The smallest absolute Gasteiger partial charge is 0.164 e. The maximum atomic E-state index is 12.0. The number of carbonyl (C=O) groups is 1. The third-order valence-corrected chi connectivity index (χ3v) is 4.00. The Balaban J connectivity index is 1.78. The molecule has 0 aliphatic carbocycles. The summed E-state index contributed by atoms with van der Waals surface area (Å²) in [6, 6.07) is 7.12. The number of hydrogen-bond donors (Lipinski definition) is 1. The highest BCUT2D eigenvalue weighted by molar-refractivity contribution is 6.31. The van der Waals surface area contributed by atoms with E-state index >= 15 is 0 Å². The van der Waals surface area contributed by atoms with E-state index in [9.17, 15) is 4.79 Å². The Kier molecular flexibility index (Phi) is 5.37. The van der Waals surface area contributed by atoms with Gasteiger partial charge < -0.3 is 10.0 Å². The second-order valence-electron chi connectivity index (χ2n) is 5.15. The normalized spacial score (nSPS) is 17.6. The molecular formula is C15H20ClNO2. The van der Waals surface area contributed by atoms with Crippen molar-refractivity contribution in [1.29, 1.82) is 0 Å². The summed E-state index contributed by atoms with van der Waals surface area (Å²) in [5, 5.41) is 9.69. The lowest BCUT2D eigenvalue weighted by Gasteiger charge is -2.30. The summed E-state index contributed by atoms with van der Waals surface area (Å²) in [6.45, 7) is 3.04. The van der Waals surface area contributed by atoms with E-state index < -0.39 is 0 Å². The van der Waals surface area contributed by atoms with Crippen molar-refractivity contribution in [3.8, 4) is 0 Å². The fourth-order valence-corrected chi connectivity index (χ4v) is 2.65. The molecule has 1 aromatic carbocycles. The molecule has 104 valence electrons. The van der Waals surface area contributed by atoms with Crippen LogP contribution in [0.1, 0.15) is 29.6 Å². The van der Waals surface area contributed by atoms with Gasteiger partial charge in [-0.05, 0) is 44.0 Å². The fraction of sp³-hybridized carbons (Fsp3) is 0.533. The number of carbonyl (C=O) groups excluding carboxylic acids is 1. The average molecular weight is 282 g/mol. The van der Waals surface area contributed by atoms with Gasteiger partial charge in [-0.1, -0.05) is 23.7 Å². The number of nitrogens with zero attached hydrogens (tertiary/aromatic N) is 1. The molecule has 19 heavy (non-hydrogen) atoms. The summed E-state index contributed by atoms with van der Waals surface area (Å²) < 4.78 is 0. The summed E-state index contributed by atoms with van der Waals surface area (Å²) >= 11 is 5.88. The molecule has 1 heterocycles. The van der Waals surface area contributed by atoms with Gasteiger partial charge in [0.2, 0.25) is 0 Å². The van der Waals surface area contributed by atoms with E-state index in [2.05, 4.69) is 4.90 Å². The highest BCUT2D eigenvalue weighted by atomic mass is 35.5. The van der Waals surface area contributed by atoms with Crippen molar-refractivity contribution < 1.29 is 9.90 Å². The van der Waals surface area contributed by atoms with Gasteiger partial charge in [-0.3, -0.25) is 4.79 Å². The van der Waals surface area contributed by atoms with E-state index in [1.54, 1.807) is 12.1 Å². The molecule has 0 atom stereocenters. The van der Waals surface area contributed by atoms with Crippen molar-refractivity contribution in [1.82, 2.24) is 4.90 Å². The Bertz CT molecular complexity index is 428. The second kappa shape index (κ2) is 7.04. The first-order chi connectivity index (χ1) is 9.19. The zero-order chi connectivity index (χ0) is 13.7. The number of hydrogen-bond acceptors (Lipinski definition) is 3. The van der Waals surface area contributed by atoms with Crippen LogP contribution >= 0.6 is 11.6 Å². The van der Waals surface area contributed by atoms with Gasteiger partial charge in [0.05, 0.1) is 0 Å². The van der Waals surface area contributed by atoms with Crippen LogP contribution in [0.5, 0.6) is 0 Å². The second-order valence-corrected chi connectivity index (χ2v) is 5.59.